The number of ether oxygens (including phenoxy) is 1. The maximum Gasteiger partial charge on any atom is 0.133 e. The van der Waals surface area contributed by atoms with Gasteiger partial charge in [-0.1, -0.05) is 6.07 Å². The molecule has 1 heterocycles. The minimum absolute atomic E-state index is 0.267. The molecule has 0 fully saturated rings. The number of aliphatic hydroxyl groups excluding tert-OH is 1. The maximum atomic E-state index is 9.93. The predicted octanol–water partition coefficient (Wildman–Crippen LogP) is 4.11. The highest BCUT2D eigenvalue weighted by atomic mass is 79.9. The molecule has 114 valence electrons. The number of aliphatic hydroxyl groups is 1. The lowest BCUT2D eigenvalue weighted by molar-refractivity contribution is 0.106. The molecule has 21 heavy (non-hydrogen) atoms. The van der Waals surface area contributed by atoms with Gasteiger partial charge in [-0.3, -0.25) is 0 Å². The number of rotatable bonds is 7. The molecule has 6 heteroatoms. The van der Waals surface area contributed by atoms with Gasteiger partial charge in [-0.05, 0) is 62.5 Å². The Labute approximate surface area is 145 Å². The van der Waals surface area contributed by atoms with Crippen LogP contribution in [0.15, 0.2) is 38.6 Å². The second kappa shape index (κ2) is 8.29. The van der Waals surface area contributed by atoms with E-state index in [0.717, 1.165) is 21.2 Å². The van der Waals surface area contributed by atoms with Crippen LogP contribution in [0.5, 0.6) is 5.75 Å². The van der Waals surface area contributed by atoms with Crippen molar-refractivity contribution in [3.05, 3.63) is 49.0 Å². The zero-order valence-corrected chi connectivity index (χ0v) is 15.6. The summed E-state index contributed by atoms with van der Waals surface area (Å²) in [6.45, 7) is 3.54. The van der Waals surface area contributed by atoms with E-state index in [2.05, 4.69) is 43.2 Å². The van der Waals surface area contributed by atoms with Crippen molar-refractivity contribution < 1.29 is 9.84 Å². The van der Waals surface area contributed by atoms with Crippen LogP contribution in [0.3, 0.4) is 0 Å². The van der Waals surface area contributed by atoms with Crippen LogP contribution >= 0.6 is 43.2 Å². The molecule has 1 aromatic heterocycles. The van der Waals surface area contributed by atoms with Gasteiger partial charge < -0.3 is 15.2 Å². The van der Waals surface area contributed by atoms with Crippen molar-refractivity contribution in [1.82, 2.24) is 5.32 Å². The number of halogens is 2. The Kier molecular flexibility index (Phi) is 6.70. The standard InChI is InChI=1S/C15H17Br2NO2S/c1-10-2-3-15(14(17)4-10)20-8-12(19)6-18-7-13-5-11(16)9-21-13/h2-5,9,12,18-19H,6-8H2,1H3. The molecule has 2 N–H and O–H groups in total. The number of thiophene rings is 1. The average Bonchev–Trinajstić information content (AvgIpc) is 2.83. The Morgan fingerprint density at radius 1 is 1.33 bits per heavy atom. The minimum atomic E-state index is -0.540. The summed E-state index contributed by atoms with van der Waals surface area (Å²) in [6.07, 6.45) is -0.540. The first-order chi connectivity index (χ1) is 10.0. The lowest BCUT2D eigenvalue weighted by Crippen LogP contribution is -2.31. The Balaban J connectivity index is 1.70. The molecular formula is C15H17Br2NO2S. The van der Waals surface area contributed by atoms with Crippen molar-refractivity contribution in [3.63, 3.8) is 0 Å². The predicted molar refractivity (Wildman–Crippen MR) is 94.1 cm³/mol. The first-order valence-corrected chi connectivity index (χ1v) is 9.02. The van der Waals surface area contributed by atoms with Crippen LogP contribution in [0.1, 0.15) is 10.4 Å². The highest BCUT2D eigenvalue weighted by Gasteiger charge is 2.07. The summed E-state index contributed by atoms with van der Waals surface area (Å²) in [7, 11) is 0. The number of aryl methyl sites for hydroxylation is 1. The fourth-order valence-corrected chi connectivity index (χ4v) is 3.80. The molecule has 0 aliphatic rings. The highest BCUT2D eigenvalue weighted by Crippen LogP contribution is 2.25. The SMILES string of the molecule is Cc1ccc(OCC(O)CNCc2cc(Br)cs2)c(Br)c1. The molecule has 0 saturated carbocycles. The van der Waals surface area contributed by atoms with Crippen molar-refractivity contribution in [2.45, 2.75) is 19.6 Å². The molecule has 0 saturated heterocycles. The molecule has 1 aromatic carbocycles. The largest absolute Gasteiger partial charge is 0.490 e. The molecule has 2 rings (SSSR count). The van der Waals surface area contributed by atoms with E-state index >= 15 is 0 Å². The minimum Gasteiger partial charge on any atom is -0.490 e. The quantitative estimate of drug-likeness (QED) is 0.688. The Morgan fingerprint density at radius 2 is 2.14 bits per heavy atom. The van der Waals surface area contributed by atoms with E-state index in [9.17, 15) is 5.11 Å². The highest BCUT2D eigenvalue weighted by molar-refractivity contribution is 9.10. The van der Waals surface area contributed by atoms with Gasteiger partial charge >= 0.3 is 0 Å². The van der Waals surface area contributed by atoms with Crippen LogP contribution in [0.2, 0.25) is 0 Å². The average molecular weight is 435 g/mol. The van der Waals surface area contributed by atoms with Crippen molar-refractivity contribution in [3.8, 4) is 5.75 Å². The van der Waals surface area contributed by atoms with Gasteiger partial charge in [0.15, 0.2) is 0 Å². The van der Waals surface area contributed by atoms with Gasteiger partial charge in [-0.25, -0.2) is 0 Å². The van der Waals surface area contributed by atoms with Crippen molar-refractivity contribution in [1.29, 1.82) is 0 Å². The summed E-state index contributed by atoms with van der Waals surface area (Å²) in [5.41, 5.74) is 1.17. The molecule has 0 bridgehead atoms. The summed E-state index contributed by atoms with van der Waals surface area (Å²) < 4.78 is 7.62. The van der Waals surface area contributed by atoms with Gasteiger partial charge in [0.1, 0.15) is 18.5 Å². The van der Waals surface area contributed by atoms with E-state index in [0.29, 0.717) is 6.54 Å². The first kappa shape index (κ1) is 17.0. The van der Waals surface area contributed by atoms with Gasteiger partial charge in [-0.15, -0.1) is 11.3 Å². The first-order valence-electron chi connectivity index (χ1n) is 6.55. The van der Waals surface area contributed by atoms with Crippen LogP contribution in [0.25, 0.3) is 0 Å². The number of nitrogens with one attached hydrogen (secondary N) is 1. The third-order valence-electron chi connectivity index (χ3n) is 2.82. The van der Waals surface area contributed by atoms with Crippen LogP contribution in [-0.4, -0.2) is 24.4 Å². The number of hydrogen-bond donors (Lipinski definition) is 2. The van der Waals surface area contributed by atoms with Gasteiger partial charge in [-0.2, -0.15) is 0 Å². The van der Waals surface area contributed by atoms with E-state index < -0.39 is 6.10 Å². The third-order valence-corrected chi connectivity index (χ3v) is 5.14. The van der Waals surface area contributed by atoms with Gasteiger partial charge in [0.05, 0.1) is 4.47 Å². The Hall–Kier alpha value is -0.400. The smallest absolute Gasteiger partial charge is 0.133 e. The molecule has 3 nitrogen and oxygen atoms in total. The van der Waals surface area contributed by atoms with E-state index in [1.54, 1.807) is 11.3 Å². The monoisotopic (exact) mass is 433 g/mol. The number of benzene rings is 1. The molecule has 1 unspecified atom stereocenters. The van der Waals surface area contributed by atoms with Crippen LogP contribution < -0.4 is 10.1 Å². The summed E-state index contributed by atoms with van der Waals surface area (Å²) >= 11 is 8.57. The molecule has 0 aliphatic heterocycles. The van der Waals surface area contributed by atoms with E-state index in [1.165, 1.54) is 10.4 Å². The second-order valence-corrected chi connectivity index (χ2v) is 7.53. The van der Waals surface area contributed by atoms with Gasteiger partial charge in [0, 0.05) is 27.8 Å². The lowest BCUT2D eigenvalue weighted by Gasteiger charge is -2.14. The lowest BCUT2D eigenvalue weighted by atomic mass is 10.2. The maximum absolute atomic E-state index is 9.93. The summed E-state index contributed by atoms with van der Waals surface area (Å²) in [6, 6.07) is 7.96. The second-order valence-electron chi connectivity index (χ2n) is 4.76. The normalized spacial score (nSPS) is 12.4. The molecule has 2 aromatic rings. The van der Waals surface area contributed by atoms with Crippen LogP contribution in [0, 0.1) is 6.92 Å². The fourth-order valence-electron chi connectivity index (χ4n) is 1.78. The zero-order valence-electron chi connectivity index (χ0n) is 11.6. The summed E-state index contributed by atoms with van der Waals surface area (Å²) in [4.78, 5) is 1.23. The molecule has 0 radical (unpaired) electrons. The molecular weight excluding hydrogens is 418 g/mol. The van der Waals surface area contributed by atoms with E-state index in [4.69, 9.17) is 4.74 Å². The molecule has 1 atom stereocenters. The zero-order chi connectivity index (χ0) is 15.2. The summed E-state index contributed by atoms with van der Waals surface area (Å²) in [5, 5.41) is 15.2. The van der Waals surface area contributed by atoms with Crippen LogP contribution in [0.4, 0.5) is 0 Å². The Bertz CT molecular complexity index is 589. The van der Waals surface area contributed by atoms with Crippen molar-refractivity contribution >= 4 is 43.2 Å². The Morgan fingerprint density at radius 3 is 2.81 bits per heavy atom. The van der Waals surface area contributed by atoms with E-state index in [1.807, 2.05) is 30.5 Å². The molecule has 0 spiro atoms. The summed E-state index contributed by atoms with van der Waals surface area (Å²) in [5.74, 6) is 0.752. The van der Waals surface area contributed by atoms with Crippen LogP contribution in [-0.2, 0) is 6.54 Å². The van der Waals surface area contributed by atoms with E-state index in [-0.39, 0.29) is 6.61 Å². The number of hydrogen-bond acceptors (Lipinski definition) is 4. The topological polar surface area (TPSA) is 41.5 Å². The van der Waals surface area contributed by atoms with Gasteiger partial charge in [0.25, 0.3) is 0 Å². The molecule has 0 aliphatic carbocycles. The van der Waals surface area contributed by atoms with Gasteiger partial charge in [0.2, 0.25) is 0 Å². The fraction of sp³-hybridized carbons (Fsp3) is 0.333. The molecule has 0 amide bonds. The van der Waals surface area contributed by atoms with Crippen molar-refractivity contribution in [2.24, 2.45) is 0 Å². The van der Waals surface area contributed by atoms with Crippen molar-refractivity contribution in [2.75, 3.05) is 13.2 Å². The third kappa shape index (κ3) is 5.71.